The third-order valence-corrected chi connectivity index (χ3v) is 6.56. The Bertz CT molecular complexity index is 1070. The number of para-hydroxylation sites is 1. The van der Waals surface area contributed by atoms with Crippen LogP contribution < -0.4 is 11.1 Å². The Morgan fingerprint density at radius 1 is 1.09 bits per heavy atom. The van der Waals surface area contributed by atoms with Crippen molar-refractivity contribution < 1.29 is 24.3 Å². The molecule has 3 unspecified atom stereocenters. The minimum absolute atomic E-state index is 0.244. The molecule has 3 amide bonds. The van der Waals surface area contributed by atoms with E-state index in [9.17, 15) is 24.3 Å². The van der Waals surface area contributed by atoms with Gasteiger partial charge >= 0.3 is 5.97 Å². The number of rotatable bonds is 7. The van der Waals surface area contributed by atoms with Crippen LogP contribution in [0.5, 0.6) is 0 Å². The number of aliphatic carboxylic acids is 1. The van der Waals surface area contributed by atoms with Crippen molar-refractivity contribution in [3.05, 3.63) is 36.0 Å². The Hall–Kier alpha value is -3.40. The van der Waals surface area contributed by atoms with Gasteiger partial charge in [-0.2, -0.15) is 0 Å². The number of carbonyl (C=O) groups is 4. The third kappa shape index (κ3) is 4.56. The molecule has 0 bridgehead atoms. The predicted molar refractivity (Wildman–Crippen MR) is 120 cm³/mol. The van der Waals surface area contributed by atoms with Crippen molar-refractivity contribution in [2.45, 2.75) is 50.2 Å². The van der Waals surface area contributed by atoms with Crippen LogP contribution in [0.4, 0.5) is 0 Å². The fourth-order valence-corrected chi connectivity index (χ4v) is 4.94. The van der Waals surface area contributed by atoms with Crippen LogP contribution in [-0.4, -0.2) is 81.3 Å². The van der Waals surface area contributed by atoms with Crippen molar-refractivity contribution in [1.29, 1.82) is 0 Å². The Balaban J connectivity index is 1.56. The number of H-pyrrole nitrogens is 1. The van der Waals surface area contributed by atoms with Crippen LogP contribution in [0.2, 0.25) is 0 Å². The first kappa shape index (κ1) is 22.8. The molecule has 5 N–H and O–H groups in total. The second kappa shape index (κ2) is 9.62. The molecule has 1 aromatic heterocycles. The summed E-state index contributed by atoms with van der Waals surface area (Å²) in [5.41, 5.74) is 7.27. The van der Waals surface area contributed by atoms with E-state index in [1.165, 1.54) is 9.80 Å². The molecule has 4 rings (SSSR count). The molecular formula is C23H29N5O5. The van der Waals surface area contributed by atoms with Gasteiger partial charge in [-0.1, -0.05) is 18.2 Å². The maximum atomic E-state index is 13.6. The van der Waals surface area contributed by atoms with E-state index in [1.807, 2.05) is 30.5 Å². The van der Waals surface area contributed by atoms with Gasteiger partial charge in [0, 0.05) is 36.6 Å². The number of benzene rings is 1. The SMILES string of the molecule is NCC(=O)NC(Cc1c[nH]c2ccccc12)C(=O)N1CCCC1C(=O)N1CCCC1C(=O)O. The van der Waals surface area contributed by atoms with E-state index in [4.69, 9.17) is 5.73 Å². The van der Waals surface area contributed by atoms with Crippen LogP contribution in [0.15, 0.2) is 30.5 Å². The number of nitrogens with two attached hydrogens (primary N) is 1. The fraction of sp³-hybridized carbons (Fsp3) is 0.478. The van der Waals surface area contributed by atoms with E-state index in [1.54, 1.807) is 0 Å². The van der Waals surface area contributed by atoms with Crippen molar-refractivity contribution in [3.8, 4) is 0 Å². The molecule has 176 valence electrons. The number of hydrogen-bond donors (Lipinski definition) is 4. The fourth-order valence-electron chi connectivity index (χ4n) is 4.94. The van der Waals surface area contributed by atoms with Crippen LogP contribution in [0, 0.1) is 0 Å². The minimum Gasteiger partial charge on any atom is -0.480 e. The second-order valence-electron chi connectivity index (χ2n) is 8.61. The average Bonchev–Trinajstić information content (AvgIpc) is 3.57. The molecule has 2 fully saturated rings. The van der Waals surface area contributed by atoms with Gasteiger partial charge in [0.05, 0.1) is 6.54 Å². The number of aromatic nitrogens is 1. The summed E-state index contributed by atoms with van der Waals surface area (Å²) in [5.74, 6) is -2.17. The number of aromatic amines is 1. The van der Waals surface area contributed by atoms with Gasteiger partial charge in [-0.05, 0) is 37.3 Å². The van der Waals surface area contributed by atoms with Crippen LogP contribution in [-0.2, 0) is 25.6 Å². The highest BCUT2D eigenvalue weighted by atomic mass is 16.4. The molecule has 0 spiro atoms. The minimum atomic E-state index is -1.02. The van der Waals surface area contributed by atoms with Gasteiger partial charge in [-0.25, -0.2) is 4.79 Å². The molecule has 2 saturated heterocycles. The van der Waals surface area contributed by atoms with Crippen molar-refractivity contribution in [1.82, 2.24) is 20.1 Å². The van der Waals surface area contributed by atoms with Gasteiger partial charge in [-0.3, -0.25) is 14.4 Å². The molecule has 2 aliphatic rings. The molecule has 2 aliphatic heterocycles. The van der Waals surface area contributed by atoms with Crippen LogP contribution >= 0.6 is 0 Å². The smallest absolute Gasteiger partial charge is 0.326 e. The zero-order valence-electron chi connectivity index (χ0n) is 18.3. The first-order valence-corrected chi connectivity index (χ1v) is 11.3. The first-order valence-electron chi connectivity index (χ1n) is 11.3. The number of fused-ring (bicyclic) bond motifs is 1. The van der Waals surface area contributed by atoms with E-state index in [2.05, 4.69) is 10.3 Å². The molecule has 1 aromatic carbocycles. The highest BCUT2D eigenvalue weighted by molar-refractivity contribution is 5.95. The molecule has 2 aromatic rings. The Labute approximate surface area is 191 Å². The molecule has 3 atom stereocenters. The van der Waals surface area contributed by atoms with E-state index in [0.29, 0.717) is 38.8 Å². The number of carbonyl (C=O) groups excluding carboxylic acids is 3. The molecular weight excluding hydrogens is 426 g/mol. The summed E-state index contributed by atoms with van der Waals surface area (Å²) in [6.07, 6.45) is 4.20. The number of nitrogens with zero attached hydrogens (tertiary/aromatic N) is 2. The average molecular weight is 456 g/mol. The predicted octanol–water partition coefficient (Wildman–Crippen LogP) is 0.221. The summed E-state index contributed by atoms with van der Waals surface area (Å²) in [4.78, 5) is 56.5. The molecule has 33 heavy (non-hydrogen) atoms. The maximum absolute atomic E-state index is 13.6. The summed E-state index contributed by atoms with van der Waals surface area (Å²) in [6.45, 7) is 0.495. The van der Waals surface area contributed by atoms with Gasteiger partial charge in [0.15, 0.2) is 0 Å². The zero-order valence-corrected chi connectivity index (χ0v) is 18.3. The first-order chi connectivity index (χ1) is 15.9. The van der Waals surface area contributed by atoms with Gasteiger partial charge in [0.25, 0.3) is 0 Å². The van der Waals surface area contributed by atoms with Crippen molar-refractivity contribution >= 4 is 34.6 Å². The third-order valence-electron chi connectivity index (χ3n) is 6.56. The van der Waals surface area contributed by atoms with E-state index in [0.717, 1.165) is 16.5 Å². The lowest BCUT2D eigenvalue weighted by molar-refractivity contribution is -0.152. The summed E-state index contributed by atoms with van der Waals surface area (Å²) in [6, 6.07) is 5.21. The van der Waals surface area contributed by atoms with Crippen LogP contribution in [0.1, 0.15) is 31.2 Å². The highest BCUT2D eigenvalue weighted by Gasteiger charge is 2.43. The van der Waals surface area contributed by atoms with Crippen molar-refractivity contribution in [2.24, 2.45) is 5.73 Å². The van der Waals surface area contributed by atoms with Crippen molar-refractivity contribution in [3.63, 3.8) is 0 Å². The van der Waals surface area contributed by atoms with Gasteiger partial charge in [-0.15, -0.1) is 0 Å². The molecule has 10 heteroatoms. The Morgan fingerprint density at radius 3 is 2.52 bits per heavy atom. The molecule has 10 nitrogen and oxygen atoms in total. The lowest BCUT2D eigenvalue weighted by atomic mass is 10.0. The van der Waals surface area contributed by atoms with Crippen LogP contribution in [0.3, 0.4) is 0 Å². The topological polar surface area (TPSA) is 149 Å². The second-order valence-corrected chi connectivity index (χ2v) is 8.61. The summed E-state index contributed by atoms with van der Waals surface area (Å²) in [7, 11) is 0. The van der Waals surface area contributed by atoms with E-state index < -0.39 is 30.0 Å². The quantitative estimate of drug-likeness (QED) is 0.469. The van der Waals surface area contributed by atoms with Gasteiger partial charge in [0.1, 0.15) is 18.1 Å². The molecule has 0 aliphatic carbocycles. The summed E-state index contributed by atoms with van der Waals surface area (Å²) in [5, 5.41) is 13.1. The number of nitrogens with one attached hydrogen (secondary N) is 2. The van der Waals surface area contributed by atoms with Gasteiger partial charge in [0.2, 0.25) is 17.7 Å². The normalized spacial score (nSPS) is 21.4. The number of carboxylic acids is 1. The van der Waals surface area contributed by atoms with Crippen molar-refractivity contribution in [2.75, 3.05) is 19.6 Å². The number of amides is 3. The largest absolute Gasteiger partial charge is 0.480 e. The Morgan fingerprint density at radius 2 is 1.79 bits per heavy atom. The standard InChI is InChI=1S/C23H29N5O5/c24-12-20(29)26-17(11-14-13-25-16-6-2-1-5-15(14)16)21(30)27-9-3-7-18(27)22(31)28-10-4-8-19(28)23(32)33/h1-2,5-6,13,17-19,25H,3-4,7-12,24H2,(H,26,29)(H,32,33). The zero-order chi connectivity index (χ0) is 23.5. The molecule has 0 saturated carbocycles. The molecule has 0 radical (unpaired) electrons. The van der Waals surface area contributed by atoms with Crippen LogP contribution in [0.25, 0.3) is 10.9 Å². The number of carboxylic acid groups (broad SMARTS) is 1. The maximum Gasteiger partial charge on any atom is 0.326 e. The number of hydrogen-bond acceptors (Lipinski definition) is 5. The lowest BCUT2D eigenvalue weighted by Crippen LogP contribution is -2.56. The summed E-state index contributed by atoms with van der Waals surface area (Å²) < 4.78 is 0. The highest BCUT2D eigenvalue weighted by Crippen LogP contribution is 2.26. The monoisotopic (exact) mass is 455 g/mol. The summed E-state index contributed by atoms with van der Waals surface area (Å²) >= 11 is 0. The Kier molecular flexibility index (Phi) is 6.64. The molecule has 3 heterocycles. The lowest BCUT2D eigenvalue weighted by Gasteiger charge is -2.32. The number of likely N-dealkylation sites (tertiary alicyclic amines) is 2. The van der Waals surface area contributed by atoms with Gasteiger partial charge < -0.3 is 30.9 Å². The van der Waals surface area contributed by atoms with E-state index in [-0.39, 0.29) is 24.8 Å². The van der Waals surface area contributed by atoms with E-state index >= 15 is 0 Å².